The fourth-order valence-corrected chi connectivity index (χ4v) is 2.11. The number of benzene rings is 1. The molecule has 0 radical (unpaired) electrons. The molecule has 0 bridgehead atoms. The van der Waals surface area contributed by atoms with E-state index in [-0.39, 0.29) is 15.7 Å². The van der Waals surface area contributed by atoms with Crippen molar-refractivity contribution in [2.75, 3.05) is 7.05 Å². The van der Waals surface area contributed by atoms with Crippen LogP contribution in [0.2, 0.25) is 0 Å². The molecule has 0 unspecified atom stereocenters. The number of imidazole rings is 1. The van der Waals surface area contributed by atoms with Crippen LogP contribution in [0.3, 0.4) is 0 Å². The van der Waals surface area contributed by atoms with Crippen molar-refractivity contribution in [3.8, 4) is 5.69 Å². The van der Waals surface area contributed by atoms with E-state index in [1.54, 1.807) is 10.8 Å². The Hall–Kier alpha value is -1.27. The number of halogens is 3. The minimum absolute atomic E-state index is 0.214. The fourth-order valence-electron chi connectivity index (χ4n) is 1.77. The highest BCUT2D eigenvalue weighted by Crippen LogP contribution is 2.27. The second kappa shape index (κ2) is 5.02. The Kier molecular flexibility index (Phi) is 3.73. The Morgan fingerprint density at radius 2 is 1.95 bits per heavy atom. The normalized spacial score (nSPS) is 11.9. The molecule has 1 heterocycles. The fraction of sp³-hybridized carbons (Fsp3) is 0.308. The summed E-state index contributed by atoms with van der Waals surface area (Å²) in [6, 6.07) is 2.26. The zero-order valence-electron chi connectivity index (χ0n) is 10.8. The summed E-state index contributed by atoms with van der Waals surface area (Å²) in [6.45, 7) is 3.91. The summed E-state index contributed by atoms with van der Waals surface area (Å²) >= 11 is 3.07. The third-order valence-electron chi connectivity index (χ3n) is 3.15. The van der Waals surface area contributed by atoms with Gasteiger partial charge < -0.3 is 5.32 Å². The lowest BCUT2D eigenvalue weighted by Gasteiger charge is -2.25. The Balaban J connectivity index is 2.61. The average Bonchev–Trinajstić information content (AvgIpc) is 2.83. The van der Waals surface area contributed by atoms with Crippen LogP contribution >= 0.6 is 15.9 Å². The number of nitrogens with one attached hydrogen (secondary N) is 1. The van der Waals surface area contributed by atoms with E-state index in [0.717, 1.165) is 11.8 Å². The van der Waals surface area contributed by atoms with Gasteiger partial charge in [0.05, 0.1) is 33.9 Å². The third kappa shape index (κ3) is 2.55. The molecule has 0 spiro atoms. The summed E-state index contributed by atoms with van der Waals surface area (Å²) in [6.07, 6.45) is 3.17. The maximum absolute atomic E-state index is 13.9. The molecule has 0 fully saturated rings. The second-order valence-corrected chi connectivity index (χ2v) is 5.60. The van der Waals surface area contributed by atoms with Gasteiger partial charge in [-0.2, -0.15) is 0 Å². The zero-order valence-corrected chi connectivity index (χ0v) is 12.4. The molecule has 6 heteroatoms. The van der Waals surface area contributed by atoms with E-state index in [4.69, 9.17) is 0 Å². The van der Waals surface area contributed by atoms with Crippen molar-refractivity contribution >= 4 is 15.9 Å². The van der Waals surface area contributed by atoms with Crippen molar-refractivity contribution in [2.24, 2.45) is 0 Å². The van der Waals surface area contributed by atoms with Crippen LogP contribution in [0, 0.1) is 11.6 Å². The van der Waals surface area contributed by atoms with Crippen molar-refractivity contribution in [3.05, 3.63) is 46.5 Å². The van der Waals surface area contributed by atoms with Crippen LogP contribution in [-0.2, 0) is 5.54 Å². The van der Waals surface area contributed by atoms with Crippen LogP contribution < -0.4 is 5.32 Å². The Morgan fingerprint density at radius 3 is 2.58 bits per heavy atom. The zero-order chi connectivity index (χ0) is 14.2. The summed E-state index contributed by atoms with van der Waals surface area (Å²) in [5, 5.41) is 3.13. The van der Waals surface area contributed by atoms with Crippen molar-refractivity contribution in [1.82, 2.24) is 14.9 Å². The van der Waals surface area contributed by atoms with Gasteiger partial charge in [0.2, 0.25) is 0 Å². The van der Waals surface area contributed by atoms with Crippen molar-refractivity contribution in [1.29, 1.82) is 0 Å². The highest BCUT2D eigenvalue weighted by atomic mass is 79.9. The quantitative estimate of drug-likeness (QED) is 0.875. The lowest BCUT2D eigenvalue weighted by Crippen LogP contribution is -2.35. The van der Waals surface area contributed by atoms with Crippen molar-refractivity contribution in [3.63, 3.8) is 0 Å². The van der Waals surface area contributed by atoms with Crippen LogP contribution in [0.5, 0.6) is 0 Å². The molecular weight excluding hydrogens is 316 g/mol. The molecule has 3 nitrogen and oxygen atoms in total. The predicted molar refractivity (Wildman–Crippen MR) is 73.3 cm³/mol. The third-order valence-corrected chi connectivity index (χ3v) is 3.76. The Morgan fingerprint density at radius 1 is 1.26 bits per heavy atom. The molecule has 1 aromatic heterocycles. The molecule has 0 aliphatic rings. The standard InChI is InChI=1S/C13H14BrF2N3/c1-13(2,17-3)12-6-18-7-19(12)11-4-8(14)9(15)5-10(11)16/h4-7,17H,1-3H3. The average molecular weight is 330 g/mol. The number of hydrogen-bond donors (Lipinski definition) is 1. The lowest BCUT2D eigenvalue weighted by atomic mass is 10.0. The molecule has 0 aliphatic heterocycles. The first-order chi connectivity index (χ1) is 8.86. The molecule has 0 aliphatic carbocycles. The van der Waals surface area contributed by atoms with Crippen LogP contribution in [0.1, 0.15) is 19.5 Å². The minimum atomic E-state index is -0.633. The molecule has 0 atom stereocenters. The van der Waals surface area contributed by atoms with Crippen LogP contribution in [-0.4, -0.2) is 16.6 Å². The van der Waals surface area contributed by atoms with E-state index >= 15 is 0 Å². The lowest BCUT2D eigenvalue weighted by molar-refractivity contribution is 0.423. The van der Waals surface area contributed by atoms with Gasteiger partial charge in [-0.3, -0.25) is 4.57 Å². The number of hydrogen-bond acceptors (Lipinski definition) is 2. The molecule has 0 saturated carbocycles. The predicted octanol–water partition coefficient (Wildman–Crippen LogP) is 3.37. The van der Waals surface area contributed by atoms with Gasteiger partial charge >= 0.3 is 0 Å². The summed E-state index contributed by atoms with van der Waals surface area (Å²) in [7, 11) is 1.81. The smallest absolute Gasteiger partial charge is 0.150 e. The first kappa shape index (κ1) is 14.1. The van der Waals surface area contributed by atoms with Crippen molar-refractivity contribution in [2.45, 2.75) is 19.4 Å². The molecule has 0 saturated heterocycles. The largest absolute Gasteiger partial charge is 0.310 e. The highest BCUT2D eigenvalue weighted by Gasteiger charge is 2.24. The molecule has 1 aromatic carbocycles. The molecule has 19 heavy (non-hydrogen) atoms. The molecule has 2 aromatic rings. The van der Waals surface area contributed by atoms with Gasteiger partial charge in [-0.25, -0.2) is 13.8 Å². The number of nitrogens with zero attached hydrogens (tertiary/aromatic N) is 2. The first-order valence-electron chi connectivity index (χ1n) is 5.73. The van der Waals surface area contributed by atoms with Gasteiger partial charge in [-0.15, -0.1) is 0 Å². The summed E-state index contributed by atoms with van der Waals surface area (Å²) < 4.78 is 29.0. The highest BCUT2D eigenvalue weighted by molar-refractivity contribution is 9.10. The van der Waals surface area contributed by atoms with E-state index in [1.165, 1.54) is 12.4 Å². The summed E-state index contributed by atoms with van der Waals surface area (Å²) in [5.74, 6) is -1.26. The molecule has 0 amide bonds. The summed E-state index contributed by atoms with van der Waals surface area (Å²) in [4.78, 5) is 4.05. The Bertz CT molecular complexity index is 608. The van der Waals surface area contributed by atoms with E-state index in [0.29, 0.717) is 0 Å². The van der Waals surface area contributed by atoms with Gasteiger partial charge in [0, 0.05) is 6.07 Å². The molecular formula is C13H14BrF2N3. The second-order valence-electron chi connectivity index (χ2n) is 4.74. The van der Waals surface area contributed by atoms with Gasteiger partial charge in [0.15, 0.2) is 0 Å². The Labute approximate surface area is 118 Å². The van der Waals surface area contributed by atoms with E-state index in [9.17, 15) is 8.78 Å². The van der Waals surface area contributed by atoms with Gasteiger partial charge in [-0.1, -0.05) is 0 Å². The summed E-state index contributed by atoms with van der Waals surface area (Å²) in [5.41, 5.74) is 0.653. The van der Waals surface area contributed by atoms with E-state index in [2.05, 4.69) is 26.2 Å². The SMILES string of the molecule is CNC(C)(C)c1cncn1-c1cc(Br)c(F)cc1F. The molecule has 102 valence electrons. The monoisotopic (exact) mass is 329 g/mol. The van der Waals surface area contributed by atoms with Gasteiger partial charge in [0.25, 0.3) is 0 Å². The minimum Gasteiger partial charge on any atom is -0.310 e. The first-order valence-corrected chi connectivity index (χ1v) is 6.53. The molecule has 1 N–H and O–H groups in total. The molecule has 2 rings (SSSR count). The number of aromatic nitrogens is 2. The van der Waals surface area contributed by atoms with Gasteiger partial charge in [0.1, 0.15) is 11.6 Å². The van der Waals surface area contributed by atoms with Crippen LogP contribution in [0.15, 0.2) is 29.1 Å². The van der Waals surface area contributed by atoms with E-state index in [1.807, 2.05) is 20.9 Å². The maximum Gasteiger partial charge on any atom is 0.150 e. The van der Waals surface area contributed by atoms with E-state index < -0.39 is 11.6 Å². The maximum atomic E-state index is 13.9. The van der Waals surface area contributed by atoms with Crippen LogP contribution in [0.25, 0.3) is 5.69 Å². The topological polar surface area (TPSA) is 29.9 Å². The van der Waals surface area contributed by atoms with Gasteiger partial charge in [-0.05, 0) is 42.9 Å². The van der Waals surface area contributed by atoms with Crippen molar-refractivity contribution < 1.29 is 8.78 Å². The number of rotatable bonds is 3. The van der Waals surface area contributed by atoms with Crippen LogP contribution in [0.4, 0.5) is 8.78 Å².